The van der Waals surface area contributed by atoms with Crippen LogP contribution in [-0.2, 0) is 9.53 Å². The average molecular weight is 178 g/mol. The highest BCUT2D eigenvalue weighted by atomic mass is 35.5. The number of halogens is 1. The molecule has 3 nitrogen and oxygen atoms in total. The maximum Gasteiger partial charge on any atom is 0.235 e. The third-order valence-corrected chi connectivity index (χ3v) is 2.45. The van der Waals surface area contributed by atoms with Gasteiger partial charge in [-0.2, -0.15) is 0 Å². The lowest BCUT2D eigenvalue weighted by molar-refractivity contribution is -0.119. The Morgan fingerprint density at radius 1 is 1.73 bits per heavy atom. The zero-order valence-corrected chi connectivity index (χ0v) is 7.01. The van der Waals surface area contributed by atoms with Gasteiger partial charge in [0.2, 0.25) is 5.91 Å². The number of alkyl halides is 1. The monoisotopic (exact) mass is 177 g/mol. The number of ether oxygens (including phenoxy) is 1. The Morgan fingerprint density at radius 3 is 2.91 bits per heavy atom. The molecule has 4 heteroatoms. The fraction of sp³-hybridized carbons (Fsp3) is 0.857. The van der Waals surface area contributed by atoms with Crippen LogP contribution in [0.1, 0.15) is 12.8 Å². The summed E-state index contributed by atoms with van der Waals surface area (Å²) in [6.07, 6.45) is 1.91. The minimum Gasteiger partial charge on any atom is -0.381 e. The second-order valence-electron chi connectivity index (χ2n) is 2.78. The smallest absolute Gasteiger partial charge is 0.235 e. The minimum absolute atomic E-state index is 0.114. The highest BCUT2D eigenvalue weighted by Gasteiger charge is 2.26. The second kappa shape index (κ2) is 3.93. The van der Waals surface area contributed by atoms with Gasteiger partial charge in [0.25, 0.3) is 0 Å². The van der Waals surface area contributed by atoms with Gasteiger partial charge in [-0.05, 0) is 12.8 Å². The van der Waals surface area contributed by atoms with Crippen molar-refractivity contribution in [2.24, 2.45) is 11.7 Å². The Bertz CT molecular complexity index is 145. The number of hydrogen-bond acceptors (Lipinski definition) is 2. The van der Waals surface area contributed by atoms with Crippen LogP contribution < -0.4 is 5.73 Å². The molecule has 1 aliphatic rings. The van der Waals surface area contributed by atoms with Crippen LogP contribution in [-0.4, -0.2) is 24.5 Å². The molecule has 1 amide bonds. The Hall–Kier alpha value is -0.280. The highest BCUT2D eigenvalue weighted by molar-refractivity contribution is 6.30. The van der Waals surface area contributed by atoms with Crippen LogP contribution >= 0.6 is 11.6 Å². The molecule has 11 heavy (non-hydrogen) atoms. The van der Waals surface area contributed by atoms with Crippen molar-refractivity contribution in [3.63, 3.8) is 0 Å². The first kappa shape index (κ1) is 8.81. The van der Waals surface area contributed by atoms with Crippen molar-refractivity contribution in [1.82, 2.24) is 0 Å². The van der Waals surface area contributed by atoms with E-state index in [1.165, 1.54) is 0 Å². The van der Waals surface area contributed by atoms with Crippen LogP contribution in [0.3, 0.4) is 0 Å². The molecule has 1 rings (SSSR count). The number of nitrogens with two attached hydrogens (primary N) is 1. The number of carbonyl (C=O) groups is 1. The molecule has 2 N–H and O–H groups in total. The zero-order valence-electron chi connectivity index (χ0n) is 6.25. The van der Waals surface area contributed by atoms with E-state index in [-0.39, 0.29) is 5.92 Å². The van der Waals surface area contributed by atoms with Crippen LogP contribution in [0.15, 0.2) is 0 Å². The van der Waals surface area contributed by atoms with Gasteiger partial charge in [0.05, 0.1) is 6.61 Å². The van der Waals surface area contributed by atoms with E-state index >= 15 is 0 Å². The summed E-state index contributed by atoms with van der Waals surface area (Å²) in [7, 11) is 0. The molecule has 0 radical (unpaired) electrons. The van der Waals surface area contributed by atoms with E-state index in [0.717, 1.165) is 19.4 Å². The molecule has 0 bridgehead atoms. The van der Waals surface area contributed by atoms with Gasteiger partial charge in [0, 0.05) is 12.5 Å². The Balaban J connectivity index is 2.38. The molecular formula is C7H12ClNO2. The number of rotatable bonds is 2. The van der Waals surface area contributed by atoms with Gasteiger partial charge >= 0.3 is 0 Å². The van der Waals surface area contributed by atoms with Crippen molar-refractivity contribution < 1.29 is 9.53 Å². The summed E-state index contributed by atoms with van der Waals surface area (Å²) >= 11 is 5.74. The van der Waals surface area contributed by atoms with Crippen molar-refractivity contribution in [3.05, 3.63) is 0 Å². The van der Waals surface area contributed by atoms with Crippen LogP contribution in [0.25, 0.3) is 0 Å². The molecule has 0 saturated carbocycles. The molecule has 2 atom stereocenters. The van der Waals surface area contributed by atoms with E-state index in [1.807, 2.05) is 0 Å². The van der Waals surface area contributed by atoms with Gasteiger partial charge in [0.15, 0.2) is 0 Å². The number of amides is 1. The van der Waals surface area contributed by atoms with Gasteiger partial charge in [-0.15, -0.1) is 11.6 Å². The third-order valence-electron chi connectivity index (χ3n) is 1.88. The molecule has 2 unspecified atom stereocenters. The second-order valence-corrected chi connectivity index (χ2v) is 3.25. The molecule has 1 saturated heterocycles. The average Bonchev–Trinajstić information content (AvgIpc) is 2.05. The van der Waals surface area contributed by atoms with Crippen LogP contribution in [0.5, 0.6) is 0 Å². The lowest BCUT2D eigenvalue weighted by atomic mass is 9.98. The molecular weight excluding hydrogens is 166 g/mol. The van der Waals surface area contributed by atoms with Crippen molar-refractivity contribution in [3.8, 4) is 0 Å². The molecule has 0 aromatic rings. The SMILES string of the molecule is NC(=O)C(Cl)C1CCCOC1. The predicted octanol–water partition coefficient (Wildman–Crippen LogP) is 0.506. The lowest BCUT2D eigenvalue weighted by Gasteiger charge is -2.24. The highest BCUT2D eigenvalue weighted by Crippen LogP contribution is 2.20. The number of hydrogen-bond donors (Lipinski definition) is 1. The Kier molecular flexibility index (Phi) is 3.15. The first-order valence-electron chi connectivity index (χ1n) is 3.73. The summed E-state index contributed by atoms with van der Waals surface area (Å²) in [6, 6.07) is 0. The maximum absolute atomic E-state index is 10.6. The fourth-order valence-electron chi connectivity index (χ4n) is 1.23. The first-order chi connectivity index (χ1) is 5.22. The van der Waals surface area contributed by atoms with E-state index in [2.05, 4.69) is 0 Å². The maximum atomic E-state index is 10.6. The number of primary amides is 1. The lowest BCUT2D eigenvalue weighted by Crippen LogP contribution is -2.35. The summed E-state index contributed by atoms with van der Waals surface area (Å²) in [5.74, 6) is -0.329. The summed E-state index contributed by atoms with van der Waals surface area (Å²) in [4.78, 5) is 10.6. The van der Waals surface area contributed by atoms with E-state index in [0.29, 0.717) is 6.61 Å². The molecule has 0 aliphatic carbocycles. The summed E-state index contributed by atoms with van der Waals surface area (Å²) in [6.45, 7) is 1.34. The van der Waals surface area contributed by atoms with Gasteiger partial charge in [-0.25, -0.2) is 0 Å². The van der Waals surface area contributed by atoms with Crippen LogP contribution in [0.2, 0.25) is 0 Å². The molecule has 1 heterocycles. The Labute approximate surface area is 70.8 Å². The van der Waals surface area contributed by atoms with Gasteiger partial charge in [0.1, 0.15) is 5.38 Å². The predicted molar refractivity (Wildman–Crippen MR) is 42.4 cm³/mol. The van der Waals surface area contributed by atoms with E-state index in [9.17, 15) is 4.79 Å². The number of carbonyl (C=O) groups excluding carboxylic acids is 1. The van der Waals surface area contributed by atoms with Crippen LogP contribution in [0, 0.1) is 5.92 Å². The van der Waals surface area contributed by atoms with Crippen LogP contribution in [0.4, 0.5) is 0 Å². The normalized spacial score (nSPS) is 27.9. The molecule has 1 fully saturated rings. The van der Waals surface area contributed by atoms with E-state index in [1.54, 1.807) is 0 Å². The largest absolute Gasteiger partial charge is 0.381 e. The standard InChI is InChI=1S/C7H12ClNO2/c8-6(7(9)10)5-2-1-3-11-4-5/h5-6H,1-4H2,(H2,9,10). The zero-order chi connectivity index (χ0) is 8.27. The summed E-state index contributed by atoms with van der Waals surface area (Å²) in [5, 5.41) is -0.560. The topological polar surface area (TPSA) is 52.3 Å². The first-order valence-corrected chi connectivity index (χ1v) is 4.16. The summed E-state index contributed by atoms with van der Waals surface area (Å²) in [5.41, 5.74) is 5.04. The van der Waals surface area contributed by atoms with Gasteiger partial charge < -0.3 is 10.5 Å². The summed E-state index contributed by atoms with van der Waals surface area (Å²) < 4.78 is 5.16. The minimum atomic E-state index is -0.560. The van der Waals surface area contributed by atoms with E-state index < -0.39 is 11.3 Å². The Morgan fingerprint density at radius 2 is 2.45 bits per heavy atom. The molecule has 1 aliphatic heterocycles. The van der Waals surface area contributed by atoms with E-state index in [4.69, 9.17) is 22.1 Å². The van der Waals surface area contributed by atoms with Gasteiger partial charge in [-0.3, -0.25) is 4.79 Å². The third kappa shape index (κ3) is 2.34. The molecule has 64 valence electrons. The van der Waals surface area contributed by atoms with Crippen molar-refractivity contribution in [2.45, 2.75) is 18.2 Å². The fourth-order valence-corrected chi connectivity index (χ4v) is 1.43. The molecule has 0 aromatic heterocycles. The molecule has 0 spiro atoms. The quantitative estimate of drug-likeness (QED) is 0.625. The van der Waals surface area contributed by atoms with Crippen molar-refractivity contribution in [1.29, 1.82) is 0 Å². The molecule has 0 aromatic carbocycles. The van der Waals surface area contributed by atoms with Crippen molar-refractivity contribution >= 4 is 17.5 Å². The van der Waals surface area contributed by atoms with Gasteiger partial charge in [-0.1, -0.05) is 0 Å². The van der Waals surface area contributed by atoms with Crippen molar-refractivity contribution in [2.75, 3.05) is 13.2 Å².